The summed E-state index contributed by atoms with van der Waals surface area (Å²) in [5.74, 6) is 2.01. The first kappa shape index (κ1) is 12.3. The van der Waals surface area contributed by atoms with Gasteiger partial charge in [0, 0.05) is 17.9 Å². The lowest BCUT2D eigenvalue weighted by atomic mass is 10.0. The van der Waals surface area contributed by atoms with Crippen LogP contribution in [0.15, 0.2) is 54.6 Å². The molecule has 2 aromatic carbocycles. The van der Waals surface area contributed by atoms with Crippen LogP contribution in [0.3, 0.4) is 0 Å². The highest BCUT2D eigenvalue weighted by atomic mass is 32.2. The zero-order valence-corrected chi connectivity index (χ0v) is 11.4. The molecule has 1 aliphatic heterocycles. The van der Waals surface area contributed by atoms with Gasteiger partial charge in [0.15, 0.2) is 0 Å². The third kappa shape index (κ3) is 2.66. The van der Waals surface area contributed by atoms with Crippen LogP contribution in [0, 0.1) is 0 Å². The van der Waals surface area contributed by atoms with Gasteiger partial charge in [0.2, 0.25) is 0 Å². The van der Waals surface area contributed by atoms with Crippen molar-refractivity contribution >= 4 is 17.7 Å². The molecule has 2 aromatic rings. The predicted molar refractivity (Wildman–Crippen MR) is 80.2 cm³/mol. The fourth-order valence-electron chi connectivity index (χ4n) is 2.19. The molecule has 0 saturated carbocycles. The van der Waals surface area contributed by atoms with Crippen LogP contribution in [0.1, 0.15) is 10.4 Å². The quantitative estimate of drug-likeness (QED) is 0.831. The maximum absolute atomic E-state index is 12.2. The third-order valence-corrected chi connectivity index (χ3v) is 4.24. The molecule has 0 atom stereocenters. The zero-order chi connectivity index (χ0) is 13.1. The molecule has 96 valence electrons. The number of benzene rings is 2. The minimum absolute atomic E-state index is 0.143. The van der Waals surface area contributed by atoms with Crippen molar-refractivity contribution in [2.45, 2.75) is 0 Å². The van der Waals surface area contributed by atoms with Crippen molar-refractivity contribution in [2.75, 3.05) is 18.2 Å². The van der Waals surface area contributed by atoms with E-state index in [9.17, 15) is 4.79 Å². The van der Waals surface area contributed by atoms with E-state index in [0.717, 1.165) is 29.3 Å². The highest BCUT2D eigenvalue weighted by Crippen LogP contribution is 2.21. The van der Waals surface area contributed by atoms with Crippen LogP contribution < -0.4 is 0 Å². The highest BCUT2D eigenvalue weighted by molar-refractivity contribution is 7.99. The Hall–Kier alpha value is -1.74. The Kier molecular flexibility index (Phi) is 3.56. The van der Waals surface area contributed by atoms with Crippen LogP contribution in [-0.2, 0) is 0 Å². The van der Waals surface area contributed by atoms with Gasteiger partial charge >= 0.3 is 0 Å². The molecular weight excluding hydrogens is 254 g/mol. The van der Waals surface area contributed by atoms with E-state index < -0.39 is 0 Å². The summed E-state index contributed by atoms with van der Waals surface area (Å²) < 4.78 is 0. The zero-order valence-electron chi connectivity index (χ0n) is 10.6. The van der Waals surface area contributed by atoms with Gasteiger partial charge in [-0.25, -0.2) is 0 Å². The van der Waals surface area contributed by atoms with E-state index >= 15 is 0 Å². The lowest BCUT2D eigenvalue weighted by Gasteiger charge is -2.14. The van der Waals surface area contributed by atoms with Crippen molar-refractivity contribution in [2.24, 2.45) is 0 Å². The molecule has 1 saturated heterocycles. The summed E-state index contributed by atoms with van der Waals surface area (Å²) in [4.78, 5) is 14.1. The monoisotopic (exact) mass is 269 g/mol. The average Bonchev–Trinajstić information content (AvgIpc) is 3.02. The predicted octanol–water partition coefficient (Wildman–Crippen LogP) is 3.50. The summed E-state index contributed by atoms with van der Waals surface area (Å²) in [6.45, 7) is 0.865. The van der Waals surface area contributed by atoms with Gasteiger partial charge < -0.3 is 4.90 Å². The summed E-state index contributed by atoms with van der Waals surface area (Å²) in [6, 6.07) is 18.1. The van der Waals surface area contributed by atoms with Crippen LogP contribution in [0.25, 0.3) is 11.1 Å². The van der Waals surface area contributed by atoms with E-state index in [1.807, 2.05) is 59.1 Å². The molecule has 2 nitrogen and oxygen atoms in total. The number of thioether (sulfide) groups is 1. The molecule has 0 aliphatic carbocycles. The number of hydrogen-bond donors (Lipinski definition) is 0. The SMILES string of the molecule is O=C(c1ccc(-c2ccccc2)cc1)N1CCSC1. The van der Waals surface area contributed by atoms with Gasteiger partial charge in [-0.1, -0.05) is 42.5 Å². The molecule has 0 N–H and O–H groups in total. The summed E-state index contributed by atoms with van der Waals surface area (Å²) in [6.07, 6.45) is 0. The van der Waals surface area contributed by atoms with E-state index in [1.54, 1.807) is 0 Å². The third-order valence-electron chi connectivity index (χ3n) is 3.28. The average molecular weight is 269 g/mol. The molecule has 0 radical (unpaired) electrons. The summed E-state index contributed by atoms with van der Waals surface area (Å²) in [5, 5.41) is 0. The Morgan fingerprint density at radius 1 is 0.947 bits per heavy atom. The van der Waals surface area contributed by atoms with E-state index in [-0.39, 0.29) is 5.91 Å². The first-order valence-corrected chi connectivity index (χ1v) is 7.52. The largest absolute Gasteiger partial charge is 0.329 e. The second-order valence-corrected chi connectivity index (χ2v) is 5.62. The lowest BCUT2D eigenvalue weighted by Crippen LogP contribution is -2.27. The number of carbonyl (C=O) groups is 1. The van der Waals surface area contributed by atoms with Crippen molar-refractivity contribution in [1.29, 1.82) is 0 Å². The summed E-state index contributed by atoms with van der Waals surface area (Å²) in [7, 11) is 0. The van der Waals surface area contributed by atoms with Gasteiger partial charge in [0.25, 0.3) is 5.91 Å². The Bertz CT molecular complexity index is 559. The number of amides is 1. The van der Waals surface area contributed by atoms with Gasteiger partial charge in [-0.2, -0.15) is 0 Å². The van der Waals surface area contributed by atoms with Gasteiger partial charge in [-0.05, 0) is 23.3 Å². The first-order valence-electron chi connectivity index (χ1n) is 6.37. The topological polar surface area (TPSA) is 20.3 Å². The second kappa shape index (κ2) is 5.49. The minimum atomic E-state index is 0.143. The van der Waals surface area contributed by atoms with E-state index in [0.29, 0.717) is 0 Å². The molecule has 0 aromatic heterocycles. The van der Waals surface area contributed by atoms with Gasteiger partial charge in [-0.3, -0.25) is 4.79 Å². The standard InChI is InChI=1S/C16H15NOS/c18-16(17-10-11-19-12-17)15-8-6-14(7-9-15)13-4-2-1-3-5-13/h1-9H,10-12H2. The van der Waals surface area contributed by atoms with Gasteiger partial charge in [-0.15, -0.1) is 11.8 Å². The first-order chi connectivity index (χ1) is 9.34. The number of rotatable bonds is 2. The highest BCUT2D eigenvalue weighted by Gasteiger charge is 2.19. The maximum atomic E-state index is 12.2. The molecule has 0 bridgehead atoms. The van der Waals surface area contributed by atoms with Crippen LogP contribution in [-0.4, -0.2) is 29.0 Å². The van der Waals surface area contributed by atoms with E-state index in [1.165, 1.54) is 5.56 Å². The lowest BCUT2D eigenvalue weighted by molar-refractivity contribution is 0.0803. The van der Waals surface area contributed by atoms with E-state index in [2.05, 4.69) is 12.1 Å². The molecule has 1 fully saturated rings. The van der Waals surface area contributed by atoms with Crippen molar-refractivity contribution < 1.29 is 4.79 Å². The molecular formula is C16H15NOS. The van der Waals surface area contributed by atoms with Crippen molar-refractivity contribution in [3.05, 3.63) is 60.2 Å². The summed E-state index contributed by atoms with van der Waals surface area (Å²) in [5.41, 5.74) is 3.10. The van der Waals surface area contributed by atoms with Gasteiger partial charge in [0.05, 0.1) is 5.88 Å². The Labute approximate surface area is 117 Å². The molecule has 1 aliphatic rings. The fourth-order valence-corrected chi connectivity index (χ4v) is 3.14. The van der Waals surface area contributed by atoms with Crippen molar-refractivity contribution in [3.63, 3.8) is 0 Å². The van der Waals surface area contributed by atoms with Crippen molar-refractivity contribution in [3.8, 4) is 11.1 Å². The number of hydrogen-bond acceptors (Lipinski definition) is 2. The minimum Gasteiger partial charge on any atom is -0.329 e. The normalized spacial score (nSPS) is 14.6. The number of nitrogens with zero attached hydrogens (tertiary/aromatic N) is 1. The van der Waals surface area contributed by atoms with Gasteiger partial charge in [0.1, 0.15) is 0 Å². The summed E-state index contributed by atoms with van der Waals surface area (Å²) >= 11 is 1.81. The Balaban J connectivity index is 1.81. The van der Waals surface area contributed by atoms with Crippen LogP contribution in [0.4, 0.5) is 0 Å². The van der Waals surface area contributed by atoms with Crippen molar-refractivity contribution in [1.82, 2.24) is 4.90 Å². The van der Waals surface area contributed by atoms with E-state index in [4.69, 9.17) is 0 Å². The molecule has 0 unspecified atom stereocenters. The fraction of sp³-hybridized carbons (Fsp3) is 0.188. The smallest absolute Gasteiger partial charge is 0.254 e. The second-order valence-electron chi connectivity index (χ2n) is 4.55. The molecule has 3 rings (SSSR count). The maximum Gasteiger partial charge on any atom is 0.254 e. The molecule has 1 heterocycles. The molecule has 3 heteroatoms. The molecule has 0 spiro atoms. The Morgan fingerprint density at radius 2 is 1.63 bits per heavy atom. The van der Waals surface area contributed by atoms with Crippen LogP contribution in [0.5, 0.6) is 0 Å². The number of carbonyl (C=O) groups excluding carboxylic acids is 1. The van der Waals surface area contributed by atoms with Crippen LogP contribution in [0.2, 0.25) is 0 Å². The van der Waals surface area contributed by atoms with Crippen LogP contribution >= 0.6 is 11.8 Å². The molecule has 19 heavy (non-hydrogen) atoms. The Morgan fingerprint density at radius 3 is 2.26 bits per heavy atom. The molecule has 1 amide bonds.